The van der Waals surface area contributed by atoms with Crippen molar-refractivity contribution in [1.29, 1.82) is 0 Å². The number of hydrogen-bond acceptors (Lipinski definition) is 4. The van der Waals surface area contributed by atoms with Crippen molar-refractivity contribution in [3.05, 3.63) is 65.7 Å². The maximum Gasteiger partial charge on any atom is 0.210 e. The Morgan fingerprint density at radius 1 is 1.18 bits per heavy atom. The lowest BCUT2D eigenvalue weighted by Gasteiger charge is -2.46. The summed E-state index contributed by atoms with van der Waals surface area (Å²) in [5.41, 5.74) is -0.817. The molecule has 0 amide bonds. The summed E-state index contributed by atoms with van der Waals surface area (Å²) in [4.78, 5) is 12.9. The summed E-state index contributed by atoms with van der Waals surface area (Å²) >= 11 is 5.23. The number of hydrogen-bond donors (Lipinski definition) is 2. The molecular formula is C16H13N2O3S-. The Labute approximate surface area is 132 Å². The summed E-state index contributed by atoms with van der Waals surface area (Å²) in [7, 11) is 0. The van der Waals surface area contributed by atoms with Gasteiger partial charge in [0.2, 0.25) is 5.72 Å². The Hall–Kier alpha value is -2.44. The molecule has 0 spiro atoms. The van der Waals surface area contributed by atoms with Crippen molar-refractivity contribution in [2.24, 2.45) is 0 Å². The Morgan fingerprint density at radius 3 is 2.50 bits per heavy atom. The zero-order chi connectivity index (χ0) is 15.7. The van der Waals surface area contributed by atoms with Crippen LogP contribution in [-0.2, 0) is 17.1 Å². The highest BCUT2D eigenvalue weighted by atomic mass is 32.1. The fourth-order valence-electron chi connectivity index (χ4n) is 2.54. The molecular weight excluding hydrogens is 300 g/mol. The van der Waals surface area contributed by atoms with E-state index in [0.717, 1.165) is 5.56 Å². The van der Waals surface area contributed by atoms with Gasteiger partial charge in [-0.25, -0.2) is 0 Å². The van der Waals surface area contributed by atoms with E-state index < -0.39 is 11.7 Å². The lowest BCUT2D eigenvalue weighted by Crippen LogP contribution is -2.62. The molecule has 5 nitrogen and oxygen atoms in total. The molecule has 0 saturated carbocycles. The van der Waals surface area contributed by atoms with Crippen LogP contribution in [0.2, 0.25) is 0 Å². The average molecular weight is 313 g/mol. The number of thiocarbonyl (C=S) groups is 1. The number of carboxylic acid groups (broad SMARTS) is 1. The van der Waals surface area contributed by atoms with Crippen molar-refractivity contribution >= 4 is 29.0 Å². The van der Waals surface area contributed by atoms with E-state index in [2.05, 4.69) is 5.32 Å². The predicted molar refractivity (Wildman–Crippen MR) is 83.6 cm³/mol. The normalized spacial score (nSPS) is 20.2. The number of nitrogens with zero attached hydrogens (tertiary/aromatic N) is 1. The number of para-hydroxylation sites is 1. The highest BCUT2D eigenvalue weighted by Gasteiger charge is 2.44. The fourth-order valence-corrected chi connectivity index (χ4v) is 2.85. The maximum absolute atomic E-state index is 11.7. The standard InChI is InChI=1S/C16H14N2O3S/c19-14(20)16(21)12-8-4-5-9-13(12)17-15(22)18(16)10-11-6-2-1-3-7-11/h1-9,21H,10H2,(H,17,22)(H,19,20)/p-1/t16-/m0/s1. The van der Waals surface area contributed by atoms with Crippen molar-refractivity contribution in [3.8, 4) is 0 Å². The van der Waals surface area contributed by atoms with Gasteiger partial charge < -0.3 is 25.2 Å². The fraction of sp³-hybridized carbons (Fsp3) is 0.125. The van der Waals surface area contributed by atoms with E-state index >= 15 is 0 Å². The molecule has 1 heterocycles. The molecule has 22 heavy (non-hydrogen) atoms. The predicted octanol–water partition coefficient (Wildman–Crippen LogP) is 0.794. The van der Waals surface area contributed by atoms with E-state index in [1.165, 1.54) is 11.0 Å². The zero-order valence-corrected chi connectivity index (χ0v) is 12.3. The van der Waals surface area contributed by atoms with Crippen LogP contribution in [-0.4, -0.2) is 21.1 Å². The molecule has 2 N–H and O–H groups in total. The summed E-state index contributed by atoms with van der Waals surface area (Å²) in [6, 6.07) is 15.8. The van der Waals surface area contributed by atoms with Crippen molar-refractivity contribution in [2.45, 2.75) is 12.3 Å². The van der Waals surface area contributed by atoms with E-state index in [1.807, 2.05) is 30.3 Å². The minimum absolute atomic E-state index is 0.134. The molecule has 2 aromatic rings. The second-order valence-electron chi connectivity index (χ2n) is 5.01. The van der Waals surface area contributed by atoms with Gasteiger partial charge in [0.15, 0.2) is 5.11 Å². The minimum atomic E-state index is -2.31. The number of fused-ring (bicyclic) bond motifs is 1. The number of aliphatic carboxylic acids is 1. The number of rotatable bonds is 3. The van der Waals surface area contributed by atoms with Gasteiger partial charge in [0.25, 0.3) is 0 Å². The molecule has 0 saturated heterocycles. The Balaban J connectivity index is 2.09. The van der Waals surface area contributed by atoms with Gasteiger partial charge in [0.1, 0.15) is 0 Å². The number of carbonyl (C=O) groups excluding carboxylic acids is 1. The van der Waals surface area contributed by atoms with Crippen LogP contribution in [0, 0.1) is 0 Å². The van der Waals surface area contributed by atoms with Crippen LogP contribution in [0.25, 0.3) is 0 Å². The first-order chi connectivity index (χ1) is 10.5. The van der Waals surface area contributed by atoms with Gasteiger partial charge in [0.05, 0.1) is 5.97 Å². The molecule has 0 bridgehead atoms. The third-order valence-corrected chi connectivity index (χ3v) is 3.97. The number of carboxylic acids is 1. The third-order valence-electron chi connectivity index (χ3n) is 3.65. The second kappa shape index (κ2) is 5.40. The molecule has 2 aromatic carbocycles. The quantitative estimate of drug-likeness (QED) is 0.816. The van der Waals surface area contributed by atoms with Crippen LogP contribution in [0.4, 0.5) is 5.69 Å². The molecule has 0 fully saturated rings. The number of aliphatic hydroxyl groups is 1. The zero-order valence-electron chi connectivity index (χ0n) is 11.5. The van der Waals surface area contributed by atoms with Crippen molar-refractivity contribution in [2.75, 3.05) is 5.32 Å². The molecule has 1 aliphatic heterocycles. The van der Waals surface area contributed by atoms with E-state index in [1.54, 1.807) is 18.2 Å². The first-order valence-corrected chi connectivity index (χ1v) is 7.10. The number of benzene rings is 2. The first-order valence-electron chi connectivity index (χ1n) is 6.69. The van der Waals surface area contributed by atoms with Gasteiger partial charge in [-0.05, 0) is 23.8 Å². The second-order valence-corrected chi connectivity index (χ2v) is 5.39. The van der Waals surface area contributed by atoms with Gasteiger partial charge in [0, 0.05) is 17.8 Å². The van der Waals surface area contributed by atoms with Crippen LogP contribution >= 0.6 is 12.2 Å². The van der Waals surface area contributed by atoms with Crippen LogP contribution in [0.3, 0.4) is 0 Å². The SMILES string of the molecule is O=C([O-])[C@@]1(O)c2ccccc2NC(=S)N1Cc1ccccc1. The molecule has 0 aliphatic carbocycles. The molecule has 6 heteroatoms. The number of nitrogens with one attached hydrogen (secondary N) is 1. The molecule has 0 radical (unpaired) electrons. The van der Waals surface area contributed by atoms with Crippen LogP contribution < -0.4 is 10.4 Å². The highest BCUT2D eigenvalue weighted by Crippen LogP contribution is 2.37. The van der Waals surface area contributed by atoms with Gasteiger partial charge in [-0.15, -0.1) is 0 Å². The van der Waals surface area contributed by atoms with E-state index in [4.69, 9.17) is 12.2 Å². The summed E-state index contributed by atoms with van der Waals surface area (Å²) in [6.45, 7) is 0.144. The largest absolute Gasteiger partial charge is 0.545 e. The van der Waals surface area contributed by atoms with E-state index in [0.29, 0.717) is 5.69 Å². The van der Waals surface area contributed by atoms with E-state index in [9.17, 15) is 15.0 Å². The number of anilines is 1. The average Bonchev–Trinajstić information content (AvgIpc) is 2.52. The van der Waals surface area contributed by atoms with E-state index in [-0.39, 0.29) is 17.2 Å². The van der Waals surface area contributed by atoms with Gasteiger partial charge in [-0.2, -0.15) is 0 Å². The van der Waals surface area contributed by atoms with Gasteiger partial charge in [-0.3, -0.25) is 0 Å². The van der Waals surface area contributed by atoms with Crippen molar-refractivity contribution in [3.63, 3.8) is 0 Å². The van der Waals surface area contributed by atoms with Crippen LogP contribution in [0.15, 0.2) is 54.6 Å². The smallest absolute Gasteiger partial charge is 0.210 e. The Bertz CT molecular complexity index is 735. The molecule has 1 atom stereocenters. The monoisotopic (exact) mass is 313 g/mol. The summed E-state index contributed by atoms with van der Waals surface area (Å²) in [6.07, 6.45) is 0. The molecule has 3 rings (SSSR count). The lowest BCUT2D eigenvalue weighted by molar-refractivity contribution is -0.336. The minimum Gasteiger partial charge on any atom is -0.545 e. The Morgan fingerprint density at radius 2 is 1.82 bits per heavy atom. The lowest BCUT2D eigenvalue weighted by atomic mass is 9.96. The summed E-state index contributed by atoms with van der Waals surface area (Å²) < 4.78 is 0. The highest BCUT2D eigenvalue weighted by molar-refractivity contribution is 7.80. The maximum atomic E-state index is 11.7. The van der Waals surface area contributed by atoms with Crippen LogP contribution in [0.1, 0.15) is 11.1 Å². The van der Waals surface area contributed by atoms with Crippen molar-refractivity contribution in [1.82, 2.24) is 4.90 Å². The number of carbonyl (C=O) groups is 1. The summed E-state index contributed by atoms with van der Waals surface area (Å²) in [5, 5.41) is 25.6. The van der Waals surface area contributed by atoms with Crippen LogP contribution in [0.5, 0.6) is 0 Å². The topological polar surface area (TPSA) is 75.6 Å². The summed E-state index contributed by atoms with van der Waals surface area (Å²) in [5.74, 6) is -1.61. The third kappa shape index (κ3) is 2.22. The van der Waals surface area contributed by atoms with Gasteiger partial charge >= 0.3 is 0 Å². The Kier molecular flexibility index (Phi) is 3.56. The molecule has 0 unspecified atom stereocenters. The van der Waals surface area contributed by atoms with Gasteiger partial charge in [-0.1, -0.05) is 48.5 Å². The van der Waals surface area contributed by atoms with Crippen molar-refractivity contribution < 1.29 is 15.0 Å². The molecule has 1 aliphatic rings. The molecule has 0 aromatic heterocycles. The first kappa shape index (κ1) is 14.5. The molecule has 112 valence electrons.